The average Bonchev–Trinajstić information content (AvgIpc) is 2.23. The van der Waals surface area contributed by atoms with Crippen LogP contribution in [-0.2, 0) is 10.0 Å². The number of nitrogens with zero attached hydrogens (tertiary/aromatic N) is 2. The van der Waals surface area contributed by atoms with E-state index in [1.54, 1.807) is 13.8 Å². The summed E-state index contributed by atoms with van der Waals surface area (Å²) in [6.07, 6.45) is 0. The first-order valence-corrected chi connectivity index (χ1v) is 7.33. The lowest BCUT2D eigenvalue weighted by Gasteiger charge is -2.23. The van der Waals surface area contributed by atoms with Gasteiger partial charge in [0.2, 0.25) is 10.0 Å². The van der Waals surface area contributed by atoms with Gasteiger partial charge in [-0.25, -0.2) is 8.42 Å². The molecule has 0 saturated heterocycles. The molecule has 0 spiro atoms. The van der Waals surface area contributed by atoms with E-state index in [2.05, 4.69) is 0 Å². The summed E-state index contributed by atoms with van der Waals surface area (Å²) in [7, 11) is -3.77. The van der Waals surface area contributed by atoms with Crippen molar-refractivity contribution in [3.8, 4) is 6.07 Å². The highest BCUT2D eigenvalue weighted by Gasteiger charge is 2.27. The number of nitriles is 1. The second kappa shape index (κ2) is 5.89. The smallest absolute Gasteiger partial charge is 0.207 e. The van der Waals surface area contributed by atoms with Crippen molar-refractivity contribution in [1.29, 1.82) is 5.26 Å². The first kappa shape index (κ1) is 15.3. The Balaban J connectivity index is 3.31. The molecule has 1 aromatic carbocycles. The molecular formula is C11H12Cl2N2O2S. The Bertz CT molecular complexity index is 559. The van der Waals surface area contributed by atoms with Crippen molar-refractivity contribution in [3.05, 3.63) is 28.2 Å². The monoisotopic (exact) mass is 306 g/mol. The number of hydrogen-bond acceptors (Lipinski definition) is 3. The number of sulfonamides is 1. The van der Waals surface area contributed by atoms with E-state index in [9.17, 15) is 8.42 Å². The van der Waals surface area contributed by atoms with E-state index < -0.39 is 10.0 Å². The highest BCUT2D eigenvalue weighted by atomic mass is 35.5. The molecule has 0 amide bonds. The van der Waals surface area contributed by atoms with Crippen molar-refractivity contribution in [2.75, 3.05) is 6.54 Å². The number of rotatable bonds is 4. The molecular weight excluding hydrogens is 295 g/mol. The summed E-state index contributed by atoms with van der Waals surface area (Å²) < 4.78 is 25.7. The zero-order chi connectivity index (χ0) is 13.9. The van der Waals surface area contributed by atoms with Crippen LogP contribution < -0.4 is 0 Å². The van der Waals surface area contributed by atoms with E-state index in [1.165, 1.54) is 18.2 Å². The van der Waals surface area contributed by atoms with Crippen LogP contribution in [0.15, 0.2) is 23.1 Å². The van der Waals surface area contributed by atoms with Gasteiger partial charge in [-0.15, -0.1) is 0 Å². The first-order valence-electron chi connectivity index (χ1n) is 5.14. The van der Waals surface area contributed by atoms with E-state index in [-0.39, 0.29) is 27.5 Å². The van der Waals surface area contributed by atoms with Crippen LogP contribution in [0, 0.1) is 11.3 Å². The maximum absolute atomic E-state index is 12.3. The predicted molar refractivity (Wildman–Crippen MR) is 71.1 cm³/mol. The quantitative estimate of drug-likeness (QED) is 0.804. The van der Waals surface area contributed by atoms with Crippen molar-refractivity contribution >= 4 is 33.2 Å². The largest absolute Gasteiger partial charge is 0.244 e. The second-order valence-electron chi connectivity index (χ2n) is 3.91. The van der Waals surface area contributed by atoms with Gasteiger partial charge in [0, 0.05) is 16.1 Å². The van der Waals surface area contributed by atoms with Crippen LogP contribution in [0.5, 0.6) is 0 Å². The number of hydrogen-bond donors (Lipinski definition) is 0. The lowest BCUT2D eigenvalue weighted by Crippen LogP contribution is -2.37. The fourth-order valence-electron chi connectivity index (χ4n) is 1.43. The minimum absolute atomic E-state index is 0.0102. The molecule has 98 valence electrons. The third kappa shape index (κ3) is 3.36. The summed E-state index contributed by atoms with van der Waals surface area (Å²) >= 11 is 11.6. The highest BCUT2D eigenvalue weighted by Crippen LogP contribution is 2.25. The lowest BCUT2D eigenvalue weighted by molar-refractivity contribution is 0.385. The summed E-state index contributed by atoms with van der Waals surface area (Å²) in [5, 5.41) is 9.17. The average molecular weight is 307 g/mol. The summed E-state index contributed by atoms with van der Waals surface area (Å²) in [6.45, 7) is 3.17. The molecule has 0 unspecified atom stereocenters. The van der Waals surface area contributed by atoms with Gasteiger partial charge in [0.1, 0.15) is 6.54 Å². The van der Waals surface area contributed by atoms with Crippen molar-refractivity contribution in [3.63, 3.8) is 0 Å². The lowest BCUT2D eigenvalue weighted by atomic mass is 10.4. The molecule has 0 aromatic heterocycles. The van der Waals surface area contributed by atoms with Gasteiger partial charge in [0.15, 0.2) is 0 Å². The zero-order valence-corrected chi connectivity index (χ0v) is 12.2. The molecule has 1 rings (SSSR count). The van der Waals surface area contributed by atoms with Gasteiger partial charge >= 0.3 is 0 Å². The fourth-order valence-corrected chi connectivity index (χ4v) is 3.69. The third-order valence-corrected chi connectivity index (χ3v) is 4.68. The molecule has 0 heterocycles. The Morgan fingerprint density at radius 2 is 1.78 bits per heavy atom. The summed E-state index contributed by atoms with van der Waals surface area (Å²) in [4.78, 5) is -0.0102. The van der Waals surface area contributed by atoms with E-state index in [4.69, 9.17) is 28.5 Å². The standard InChI is InChI=1S/C11H12Cl2N2O2S/c1-8(2)15(4-3-14)18(16,17)11-6-9(12)5-10(13)7-11/h5-8H,4H2,1-2H3. The van der Waals surface area contributed by atoms with Gasteiger partial charge in [-0.1, -0.05) is 23.2 Å². The Hall–Kier alpha value is -0.800. The Kier molecular flexibility index (Phi) is 5.00. The zero-order valence-electron chi connectivity index (χ0n) is 9.89. The number of halogens is 2. The Labute approximate surface area is 117 Å². The molecule has 0 N–H and O–H groups in total. The molecule has 0 aliphatic rings. The molecule has 0 saturated carbocycles. The Morgan fingerprint density at radius 3 is 2.17 bits per heavy atom. The van der Waals surface area contributed by atoms with E-state index in [1.807, 2.05) is 6.07 Å². The number of benzene rings is 1. The minimum Gasteiger partial charge on any atom is -0.207 e. The normalized spacial score (nSPS) is 11.8. The minimum atomic E-state index is -3.77. The highest BCUT2D eigenvalue weighted by molar-refractivity contribution is 7.89. The van der Waals surface area contributed by atoms with Crippen LogP contribution in [0.2, 0.25) is 10.0 Å². The predicted octanol–water partition coefficient (Wildman–Crippen LogP) is 2.92. The van der Waals surface area contributed by atoms with Crippen molar-refractivity contribution in [1.82, 2.24) is 4.31 Å². The van der Waals surface area contributed by atoms with Gasteiger partial charge in [0.25, 0.3) is 0 Å². The molecule has 0 radical (unpaired) electrons. The van der Waals surface area contributed by atoms with Crippen LogP contribution in [-0.4, -0.2) is 25.3 Å². The molecule has 0 fully saturated rings. The molecule has 0 aliphatic carbocycles. The summed E-state index contributed by atoms with van der Waals surface area (Å²) in [5.41, 5.74) is 0. The van der Waals surface area contributed by atoms with Crippen molar-refractivity contribution < 1.29 is 8.42 Å². The maximum Gasteiger partial charge on any atom is 0.244 e. The second-order valence-corrected chi connectivity index (χ2v) is 6.67. The molecule has 0 aliphatic heterocycles. The van der Waals surface area contributed by atoms with E-state index >= 15 is 0 Å². The van der Waals surface area contributed by atoms with Crippen LogP contribution in [0.25, 0.3) is 0 Å². The van der Waals surface area contributed by atoms with E-state index in [0.717, 1.165) is 4.31 Å². The molecule has 18 heavy (non-hydrogen) atoms. The van der Waals surface area contributed by atoms with E-state index in [0.29, 0.717) is 0 Å². The third-order valence-electron chi connectivity index (χ3n) is 2.25. The van der Waals surface area contributed by atoms with Gasteiger partial charge in [-0.2, -0.15) is 9.57 Å². The van der Waals surface area contributed by atoms with Crippen LogP contribution in [0.4, 0.5) is 0 Å². The van der Waals surface area contributed by atoms with Crippen LogP contribution >= 0.6 is 23.2 Å². The summed E-state index contributed by atoms with van der Waals surface area (Å²) in [6, 6.07) is 5.59. The van der Waals surface area contributed by atoms with Gasteiger partial charge in [-0.05, 0) is 32.0 Å². The SMILES string of the molecule is CC(C)N(CC#N)S(=O)(=O)c1cc(Cl)cc(Cl)c1. The van der Waals surface area contributed by atoms with Gasteiger partial charge < -0.3 is 0 Å². The molecule has 4 nitrogen and oxygen atoms in total. The van der Waals surface area contributed by atoms with Crippen LogP contribution in [0.3, 0.4) is 0 Å². The summed E-state index contributed by atoms with van der Waals surface area (Å²) in [5.74, 6) is 0. The van der Waals surface area contributed by atoms with Gasteiger partial charge in [-0.3, -0.25) is 0 Å². The van der Waals surface area contributed by atoms with Crippen LogP contribution in [0.1, 0.15) is 13.8 Å². The molecule has 7 heteroatoms. The van der Waals surface area contributed by atoms with Crippen molar-refractivity contribution in [2.45, 2.75) is 24.8 Å². The maximum atomic E-state index is 12.3. The molecule has 1 aromatic rings. The first-order chi connectivity index (χ1) is 8.28. The fraction of sp³-hybridized carbons (Fsp3) is 0.364. The molecule has 0 bridgehead atoms. The topological polar surface area (TPSA) is 61.2 Å². The Morgan fingerprint density at radius 1 is 1.28 bits per heavy atom. The molecule has 0 atom stereocenters. The van der Waals surface area contributed by atoms with Crippen molar-refractivity contribution in [2.24, 2.45) is 0 Å². The van der Waals surface area contributed by atoms with Gasteiger partial charge in [0.05, 0.1) is 11.0 Å².